The zero-order valence-corrected chi connectivity index (χ0v) is 19.2. The molecule has 0 saturated carbocycles. The van der Waals surface area contributed by atoms with Gasteiger partial charge in [0.25, 0.3) is 5.91 Å². The maximum Gasteiger partial charge on any atom is 0.251 e. The van der Waals surface area contributed by atoms with Crippen molar-refractivity contribution >= 4 is 27.7 Å². The minimum Gasteiger partial charge on any atom is -0.494 e. The molecule has 4 aromatic carbocycles. The number of imidazole rings is 1. The SMILES string of the molecule is Cc1ccc(C(=O)NCc2nc3ccccc3n2CCCOc2ccc3ccccc3c2)cc1. The first-order valence-electron chi connectivity index (χ1n) is 11.6. The molecule has 0 atom stereocenters. The Kier molecular flexibility index (Phi) is 6.25. The number of amides is 1. The maximum atomic E-state index is 12.6. The van der Waals surface area contributed by atoms with E-state index in [-0.39, 0.29) is 5.91 Å². The van der Waals surface area contributed by atoms with Crippen LogP contribution in [0.1, 0.15) is 28.2 Å². The Hall–Kier alpha value is -4.12. The summed E-state index contributed by atoms with van der Waals surface area (Å²) in [4.78, 5) is 17.4. The standard InChI is InChI=1S/C29H27N3O2/c1-21-11-13-23(14-12-21)29(33)30-20-28-31-26-9-4-5-10-27(26)32(28)17-6-18-34-25-16-15-22-7-2-3-8-24(22)19-25/h2-5,7-16,19H,6,17-18,20H2,1H3,(H,30,33). The molecular formula is C29H27N3O2. The first kappa shape index (κ1) is 21.7. The highest BCUT2D eigenvalue weighted by molar-refractivity contribution is 5.94. The Labute approximate surface area is 199 Å². The van der Waals surface area contributed by atoms with Gasteiger partial charge in [-0.25, -0.2) is 4.98 Å². The topological polar surface area (TPSA) is 56.2 Å². The van der Waals surface area contributed by atoms with Gasteiger partial charge in [-0.2, -0.15) is 0 Å². The molecule has 1 heterocycles. The molecule has 1 amide bonds. The molecule has 34 heavy (non-hydrogen) atoms. The molecule has 0 spiro atoms. The number of aromatic nitrogens is 2. The van der Waals surface area contributed by atoms with Gasteiger partial charge < -0.3 is 14.6 Å². The average molecular weight is 450 g/mol. The maximum absolute atomic E-state index is 12.6. The van der Waals surface area contributed by atoms with Crippen LogP contribution in [0.25, 0.3) is 21.8 Å². The molecule has 170 valence electrons. The van der Waals surface area contributed by atoms with Crippen LogP contribution in [0.5, 0.6) is 5.75 Å². The fraction of sp³-hybridized carbons (Fsp3) is 0.172. The van der Waals surface area contributed by atoms with E-state index in [1.807, 2.05) is 67.6 Å². The number of para-hydroxylation sites is 2. The van der Waals surface area contributed by atoms with Gasteiger partial charge in [0.2, 0.25) is 0 Å². The first-order chi connectivity index (χ1) is 16.7. The van der Waals surface area contributed by atoms with Crippen molar-refractivity contribution in [3.05, 3.63) is 108 Å². The van der Waals surface area contributed by atoms with E-state index in [1.54, 1.807) is 0 Å². The van der Waals surface area contributed by atoms with Crippen LogP contribution < -0.4 is 10.1 Å². The lowest BCUT2D eigenvalue weighted by molar-refractivity contribution is 0.0949. The zero-order valence-electron chi connectivity index (χ0n) is 19.2. The number of nitrogens with zero attached hydrogens (tertiary/aromatic N) is 2. The Morgan fingerprint density at radius 2 is 1.68 bits per heavy atom. The number of fused-ring (bicyclic) bond motifs is 2. The number of nitrogens with one attached hydrogen (secondary N) is 1. The van der Waals surface area contributed by atoms with Crippen molar-refractivity contribution in [3.63, 3.8) is 0 Å². The first-order valence-corrected chi connectivity index (χ1v) is 11.6. The van der Waals surface area contributed by atoms with E-state index < -0.39 is 0 Å². The summed E-state index contributed by atoms with van der Waals surface area (Å²) >= 11 is 0. The van der Waals surface area contributed by atoms with Gasteiger partial charge in [0, 0.05) is 12.1 Å². The number of carbonyl (C=O) groups is 1. The van der Waals surface area contributed by atoms with Gasteiger partial charge in [-0.15, -0.1) is 0 Å². The van der Waals surface area contributed by atoms with Gasteiger partial charge in [-0.1, -0.05) is 60.2 Å². The van der Waals surface area contributed by atoms with E-state index in [1.165, 1.54) is 10.8 Å². The van der Waals surface area contributed by atoms with Crippen LogP contribution in [0.2, 0.25) is 0 Å². The number of rotatable bonds is 8. The smallest absolute Gasteiger partial charge is 0.251 e. The van der Waals surface area contributed by atoms with Crippen molar-refractivity contribution in [2.24, 2.45) is 0 Å². The molecule has 0 fully saturated rings. The Balaban J connectivity index is 1.25. The molecular weight excluding hydrogens is 422 g/mol. The van der Waals surface area contributed by atoms with Gasteiger partial charge >= 0.3 is 0 Å². The summed E-state index contributed by atoms with van der Waals surface area (Å²) < 4.78 is 8.20. The number of benzene rings is 4. The monoisotopic (exact) mass is 449 g/mol. The summed E-state index contributed by atoms with van der Waals surface area (Å²) in [6, 6.07) is 30.1. The number of hydrogen-bond acceptors (Lipinski definition) is 3. The lowest BCUT2D eigenvalue weighted by atomic mass is 10.1. The molecule has 5 aromatic rings. The minimum absolute atomic E-state index is 0.0988. The number of carbonyl (C=O) groups excluding carboxylic acids is 1. The molecule has 0 unspecified atom stereocenters. The van der Waals surface area contributed by atoms with Crippen LogP contribution in [0.3, 0.4) is 0 Å². The van der Waals surface area contributed by atoms with Gasteiger partial charge in [0.15, 0.2) is 0 Å². The van der Waals surface area contributed by atoms with Crippen molar-refractivity contribution in [2.45, 2.75) is 26.4 Å². The van der Waals surface area contributed by atoms with Gasteiger partial charge in [0.1, 0.15) is 11.6 Å². The summed E-state index contributed by atoms with van der Waals surface area (Å²) in [5, 5.41) is 5.39. The minimum atomic E-state index is -0.0988. The normalized spacial score (nSPS) is 11.1. The molecule has 0 aliphatic carbocycles. The van der Waals surface area contributed by atoms with Crippen molar-refractivity contribution < 1.29 is 9.53 Å². The molecule has 1 aromatic heterocycles. The molecule has 0 aliphatic rings. The lowest BCUT2D eigenvalue weighted by Crippen LogP contribution is -2.25. The molecule has 5 heteroatoms. The van der Waals surface area contributed by atoms with Crippen molar-refractivity contribution in [1.82, 2.24) is 14.9 Å². The second-order valence-corrected chi connectivity index (χ2v) is 8.43. The van der Waals surface area contributed by atoms with Gasteiger partial charge in [-0.05, 0) is 60.5 Å². The predicted octanol–water partition coefficient (Wildman–Crippen LogP) is 5.90. The highest BCUT2D eigenvalue weighted by atomic mass is 16.5. The molecule has 0 saturated heterocycles. The molecule has 0 radical (unpaired) electrons. The van der Waals surface area contributed by atoms with Crippen LogP contribution in [0, 0.1) is 6.92 Å². The van der Waals surface area contributed by atoms with Crippen LogP contribution in [-0.4, -0.2) is 22.1 Å². The van der Waals surface area contributed by atoms with E-state index in [4.69, 9.17) is 9.72 Å². The highest BCUT2D eigenvalue weighted by Gasteiger charge is 2.12. The molecule has 0 bridgehead atoms. The van der Waals surface area contributed by atoms with Crippen molar-refractivity contribution in [3.8, 4) is 5.75 Å². The zero-order chi connectivity index (χ0) is 23.3. The van der Waals surface area contributed by atoms with E-state index in [2.05, 4.69) is 40.2 Å². The predicted molar refractivity (Wildman–Crippen MR) is 136 cm³/mol. The Bertz CT molecular complexity index is 1440. The van der Waals surface area contributed by atoms with E-state index in [0.29, 0.717) is 18.7 Å². The molecule has 1 N–H and O–H groups in total. The molecule has 5 rings (SSSR count). The summed E-state index contributed by atoms with van der Waals surface area (Å²) in [6.07, 6.45) is 0.825. The van der Waals surface area contributed by atoms with Crippen molar-refractivity contribution in [2.75, 3.05) is 6.61 Å². The quantitative estimate of drug-likeness (QED) is 0.300. The van der Waals surface area contributed by atoms with E-state index >= 15 is 0 Å². The Morgan fingerprint density at radius 1 is 0.912 bits per heavy atom. The highest BCUT2D eigenvalue weighted by Crippen LogP contribution is 2.21. The van der Waals surface area contributed by atoms with Crippen LogP contribution in [0.15, 0.2) is 91.0 Å². The third-order valence-corrected chi connectivity index (χ3v) is 5.97. The van der Waals surface area contributed by atoms with E-state index in [9.17, 15) is 4.79 Å². The summed E-state index contributed by atoms with van der Waals surface area (Å²) in [6.45, 7) is 3.73. The van der Waals surface area contributed by atoms with E-state index in [0.717, 1.165) is 41.1 Å². The summed E-state index contributed by atoms with van der Waals surface area (Å²) in [7, 11) is 0. The molecule has 0 aliphatic heterocycles. The second kappa shape index (κ2) is 9.79. The van der Waals surface area contributed by atoms with Crippen LogP contribution in [0.4, 0.5) is 0 Å². The second-order valence-electron chi connectivity index (χ2n) is 8.43. The fourth-order valence-corrected chi connectivity index (χ4v) is 4.15. The molecule has 5 nitrogen and oxygen atoms in total. The van der Waals surface area contributed by atoms with Crippen LogP contribution >= 0.6 is 0 Å². The summed E-state index contributed by atoms with van der Waals surface area (Å²) in [5.41, 5.74) is 3.77. The average Bonchev–Trinajstić information content (AvgIpc) is 3.23. The summed E-state index contributed by atoms with van der Waals surface area (Å²) in [5.74, 6) is 1.62. The van der Waals surface area contributed by atoms with Crippen molar-refractivity contribution in [1.29, 1.82) is 0 Å². The number of hydrogen-bond donors (Lipinski definition) is 1. The lowest BCUT2D eigenvalue weighted by Gasteiger charge is -2.12. The third kappa shape index (κ3) is 4.79. The van der Waals surface area contributed by atoms with Crippen LogP contribution in [-0.2, 0) is 13.1 Å². The fourth-order valence-electron chi connectivity index (χ4n) is 4.15. The van der Waals surface area contributed by atoms with Gasteiger partial charge in [-0.3, -0.25) is 4.79 Å². The third-order valence-electron chi connectivity index (χ3n) is 5.97. The number of ether oxygens (including phenoxy) is 1. The Morgan fingerprint density at radius 3 is 2.53 bits per heavy atom. The van der Waals surface area contributed by atoms with Gasteiger partial charge in [0.05, 0.1) is 24.2 Å². The largest absolute Gasteiger partial charge is 0.494 e. The number of aryl methyl sites for hydroxylation is 2.